The maximum atomic E-state index is 2.78. The lowest BCUT2D eigenvalue weighted by atomic mass is 9.93. The fraction of sp³-hybridized carbons (Fsp3) is 0.478. The number of piperidine rings is 1. The number of hydrogen-bond donors (Lipinski definition) is 0. The molecule has 26 heavy (non-hydrogen) atoms. The van der Waals surface area contributed by atoms with Crippen LogP contribution in [0.2, 0.25) is 0 Å². The number of rotatable bonds is 4. The van der Waals surface area contributed by atoms with Gasteiger partial charge in [-0.2, -0.15) is 0 Å². The van der Waals surface area contributed by atoms with Crippen molar-refractivity contribution >= 4 is 5.69 Å². The first kappa shape index (κ1) is 17.6. The smallest absolute Gasteiger partial charge is 0.0891 e. The fourth-order valence-electron chi connectivity index (χ4n) is 4.63. The Bertz CT molecular complexity index is 695. The van der Waals surface area contributed by atoms with Crippen LogP contribution in [0.25, 0.3) is 0 Å². The van der Waals surface area contributed by atoms with Crippen molar-refractivity contribution in [3.8, 4) is 0 Å². The number of fused-ring (bicyclic) bond motifs is 1. The summed E-state index contributed by atoms with van der Waals surface area (Å²) in [5.74, 6) is 0. The second-order valence-corrected chi connectivity index (χ2v) is 7.99. The van der Waals surface area contributed by atoms with E-state index in [1.54, 1.807) is 0 Å². The molecule has 0 aromatic heterocycles. The average Bonchev–Trinajstić information content (AvgIpc) is 2.69. The van der Waals surface area contributed by atoms with E-state index in [1.165, 1.54) is 55.6 Å². The van der Waals surface area contributed by atoms with Crippen molar-refractivity contribution in [1.29, 1.82) is 0 Å². The number of benzene rings is 2. The molecule has 0 spiro atoms. The molecule has 0 N–H and O–H groups in total. The largest absolute Gasteiger partial charge is 0.378 e. The minimum atomic E-state index is 0.408. The zero-order chi connectivity index (χ0) is 17.9. The van der Waals surface area contributed by atoms with Gasteiger partial charge in [-0.3, -0.25) is 9.80 Å². The molecular weight excluding hydrogens is 318 g/mol. The molecule has 2 saturated heterocycles. The molecule has 3 nitrogen and oxygen atoms in total. The van der Waals surface area contributed by atoms with Gasteiger partial charge in [0.2, 0.25) is 0 Å². The van der Waals surface area contributed by atoms with Gasteiger partial charge in [0.15, 0.2) is 0 Å². The normalized spacial score (nSPS) is 24.2. The predicted octanol–water partition coefficient (Wildman–Crippen LogP) is 4.51. The summed E-state index contributed by atoms with van der Waals surface area (Å²) in [5.41, 5.74) is 4.13. The first-order valence-electron chi connectivity index (χ1n) is 10.0. The third-order valence-electron chi connectivity index (χ3n) is 6.02. The summed E-state index contributed by atoms with van der Waals surface area (Å²) >= 11 is 0. The summed E-state index contributed by atoms with van der Waals surface area (Å²) in [6.07, 6.45) is 5.81. The lowest BCUT2D eigenvalue weighted by Gasteiger charge is -2.51. The number of anilines is 1. The number of nitrogens with zero attached hydrogens (tertiary/aromatic N) is 3. The van der Waals surface area contributed by atoms with Crippen molar-refractivity contribution in [3.63, 3.8) is 0 Å². The van der Waals surface area contributed by atoms with Crippen molar-refractivity contribution in [2.75, 3.05) is 32.1 Å². The van der Waals surface area contributed by atoms with E-state index in [-0.39, 0.29) is 0 Å². The lowest BCUT2D eigenvalue weighted by Crippen LogP contribution is -2.54. The van der Waals surface area contributed by atoms with Gasteiger partial charge < -0.3 is 4.90 Å². The monoisotopic (exact) mass is 349 g/mol. The highest BCUT2D eigenvalue weighted by Crippen LogP contribution is 2.38. The van der Waals surface area contributed by atoms with Gasteiger partial charge in [-0.25, -0.2) is 0 Å². The third kappa shape index (κ3) is 3.65. The summed E-state index contributed by atoms with van der Waals surface area (Å²) < 4.78 is 0. The van der Waals surface area contributed by atoms with Crippen LogP contribution in [0.5, 0.6) is 0 Å². The average molecular weight is 350 g/mol. The van der Waals surface area contributed by atoms with E-state index in [4.69, 9.17) is 0 Å². The molecule has 2 heterocycles. The van der Waals surface area contributed by atoms with Crippen molar-refractivity contribution < 1.29 is 0 Å². The van der Waals surface area contributed by atoms with Gasteiger partial charge in [-0.1, -0.05) is 48.9 Å². The molecule has 0 unspecified atom stereocenters. The Morgan fingerprint density at radius 3 is 2.38 bits per heavy atom. The molecule has 2 aromatic rings. The van der Waals surface area contributed by atoms with E-state index < -0.39 is 0 Å². The summed E-state index contributed by atoms with van der Waals surface area (Å²) in [6, 6.07) is 20.9. The van der Waals surface area contributed by atoms with Gasteiger partial charge in [0, 0.05) is 45.5 Å². The first-order chi connectivity index (χ1) is 12.7. The van der Waals surface area contributed by atoms with Gasteiger partial charge >= 0.3 is 0 Å². The highest BCUT2D eigenvalue weighted by molar-refractivity contribution is 5.46. The van der Waals surface area contributed by atoms with Crippen molar-refractivity contribution in [1.82, 2.24) is 9.80 Å². The summed E-state index contributed by atoms with van der Waals surface area (Å²) in [7, 11) is 4.22. The molecule has 2 atom stereocenters. The second kappa shape index (κ2) is 7.81. The zero-order valence-corrected chi connectivity index (χ0v) is 16.1. The van der Waals surface area contributed by atoms with Crippen LogP contribution in [0.3, 0.4) is 0 Å². The van der Waals surface area contributed by atoms with Crippen molar-refractivity contribution in [2.24, 2.45) is 0 Å². The molecule has 0 aliphatic carbocycles. The Morgan fingerprint density at radius 2 is 1.65 bits per heavy atom. The molecule has 2 aliphatic heterocycles. The third-order valence-corrected chi connectivity index (χ3v) is 6.02. The molecule has 2 fully saturated rings. The molecule has 0 amide bonds. The molecule has 3 heteroatoms. The Hall–Kier alpha value is -1.84. The van der Waals surface area contributed by atoms with Gasteiger partial charge in [0.1, 0.15) is 0 Å². The SMILES string of the molecule is CN(C)c1ccc([C@@H]2N(Cc3ccccc3)CC[C@@H]3CCCCN32)cc1. The molecule has 4 rings (SSSR count). The maximum absolute atomic E-state index is 2.78. The minimum absolute atomic E-state index is 0.408. The summed E-state index contributed by atoms with van der Waals surface area (Å²) in [5, 5.41) is 0. The van der Waals surface area contributed by atoms with Crippen LogP contribution in [0.1, 0.15) is 43.0 Å². The molecule has 0 radical (unpaired) electrons. The quantitative estimate of drug-likeness (QED) is 0.804. The second-order valence-electron chi connectivity index (χ2n) is 7.99. The van der Waals surface area contributed by atoms with Gasteiger partial charge in [-0.15, -0.1) is 0 Å². The molecule has 138 valence electrons. The van der Waals surface area contributed by atoms with Crippen LogP contribution in [-0.2, 0) is 6.54 Å². The first-order valence-corrected chi connectivity index (χ1v) is 10.0. The lowest BCUT2D eigenvalue weighted by molar-refractivity contribution is -0.0566. The summed E-state index contributed by atoms with van der Waals surface area (Å²) in [4.78, 5) is 7.64. The van der Waals surface area contributed by atoms with Crippen LogP contribution >= 0.6 is 0 Å². The van der Waals surface area contributed by atoms with Gasteiger partial charge in [0.05, 0.1) is 6.17 Å². The van der Waals surface area contributed by atoms with Crippen LogP contribution in [0, 0.1) is 0 Å². The maximum Gasteiger partial charge on any atom is 0.0891 e. The zero-order valence-electron chi connectivity index (χ0n) is 16.1. The standard InChI is InChI=1S/C23H31N3/c1-24(2)21-13-11-20(12-14-21)23-25(18-19-8-4-3-5-9-19)17-15-22-10-6-7-16-26(22)23/h3-5,8-9,11-14,22-23H,6-7,10,15-18H2,1-2H3/t22-,23+/m0/s1. The molecule has 2 aliphatic rings. The van der Waals surface area contributed by atoms with E-state index >= 15 is 0 Å². The Labute approximate surface area is 158 Å². The van der Waals surface area contributed by atoms with E-state index in [0.717, 1.165) is 12.6 Å². The van der Waals surface area contributed by atoms with Crippen molar-refractivity contribution in [2.45, 2.75) is 44.4 Å². The highest BCUT2D eigenvalue weighted by Gasteiger charge is 2.37. The fourth-order valence-corrected chi connectivity index (χ4v) is 4.63. The molecule has 2 aromatic carbocycles. The van der Waals surface area contributed by atoms with E-state index in [2.05, 4.69) is 83.4 Å². The van der Waals surface area contributed by atoms with Crippen molar-refractivity contribution in [3.05, 3.63) is 65.7 Å². The van der Waals surface area contributed by atoms with E-state index in [1.807, 2.05) is 0 Å². The van der Waals surface area contributed by atoms with Crippen LogP contribution < -0.4 is 4.90 Å². The molecule has 0 bridgehead atoms. The molecule has 0 saturated carbocycles. The topological polar surface area (TPSA) is 9.72 Å². The van der Waals surface area contributed by atoms with Crippen LogP contribution in [-0.4, -0.2) is 43.0 Å². The Morgan fingerprint density at radius 1 is 0.885 bits per heavy atom. The highest BCUT2D eigenvalue weighted by atomic mass is 15.4. The molecular formula is C23H31N3. The minimum Gasteiger partial charge on any atom is -0.378 e. The van der Waals surface area contributed by atoms with Crippen LogP contribution in [0.4, 0.5) is 5.69 Å². The summed E-state index contributed by atoms with van der Waals surface area (Å²) in [6.45, 7) is 3.45. The van der Waals surface area contributed by atoms with E-state index in [0.29, 0.717) is 6.17 Å². The number of hydrogen-bond acceptors (Lipinski definition) is 3. The van der Waals surface area contributed by atoms with Crippen LogP contribution in [0.15, 0.2) is 54.6 Å². The van der Waals surface area contributed by atoms with E-state index in [9.17, 15) is 0 Å². The predicted molar refractivity (Wildman–Crippen MR) is 109 cm³/mol. The Kier molecular flexibility index (Phi) is 5.28. The van der Waals surface area contributed by atoms with Gasteiger partial charge in [-0.05, 0) is 42.5 Å². The Balaban J connectivity index is 1.63. The van der Waals surface area contributed by atoms with Gasteiger partial charge in [0.25, 0.3) is 0 Å².